The van der Waals surface area contributed by atoms with Crippen molar-refractivity contribution >= 4 is 6.79 Å². The van der Waals surface area contributed by atoms with Gasteiger partial charge in [-0.2, -0.15) is 0 Å². The Morgan fingerprint density at radius 1 is 1.67 bits per heavy atom. The van der Waals surface area contributed by atoms with Crippen molar-refractivity contribution in [3.63, 3.8) is 0 Å². The summed E-state index contributed by atoms with van der Waals surface area (Å²) < 4.78 is 0. The number of carbonyl (C=O) groups is 1. The van der Waals surface area contributed by atoms with E-state index in [1.54, 1.807) is 0 Å². The second-order valence-electron chi connectivity index (χ2n) is 1.55. The maximum atomic E-state index is 8.00. The number of carbonyl (C=O) groups excluding carboxylic acids is 1. The first-order valence-electron chi connectivity index (χ1n) is 2.84. The van der Waals surface area contributed by atoms with Crippen LogP contribution in [-0.2, 0) is 11.2 Å². The Hall–Kier alpha value is -1.05. The van der Waals surface area contributed by atoms with E-state index in [2.05, 4.69) is 18.0 Å². The molecule has 0 saturated carbocycles. The molecular weight excluding hydrogens is 114 g/mol. The highest BCUT2D eigenvalue weighted by Crippen LogP contribution is 1.92. The van der Waals surface area contributed by atoms with Crippen LogP contribution in [0.15, 0.2) is 18.3 Å². The van der Waals surface area contributed by atoms with Gasteiger partial charge in [-0.3, -0.25) is 0 Å². The fourth-order valence-corrected chi connectivity index (χ4v) is 0.587. The van der Waals surface area contributed by atoms with Crippen molar-refractivity contribution in [3.8, 4) is 0 Å². The van der Waals surface area contributed by atoms with Gasteiger partial charge in [0.2, 0.25) is 0 Å². The van der Waals surface area contributed by atoms with Crippen LogP contribution in [0, 0.1) is 0 Å². The van der Waals surface area contributed by atoms with E-state index in [0.29, 0.717) is 0 Å². The molecule has 0 aliphatic carbocycles. The monoisotopic (exact) mass is 125 g/mol. The molecule has 0 bridgehead atoms. The van der Waals surface area contributed by atoms with Gasteiger partial charge < -0.3 is 9.78 Å². The molecule has 0 saturated heterocycles. The predicted octanol–water partition coefficient (Wildman–Crippen LogP) is 1.39. The largest absolute Gasteiger partial charge is 0.365 e. The van der Waals surface area contributed by atoms with Gasteiger partial charge >= 0.3 is 0 Å². The first kappa shape index (κ1) is 7.95. The van der Waals surface area contributed by atoms with E-state index in [0.717, 1.165) is 6.42 Å². The van der Waals surface area contributed by atoms with Gasteiger partial charge in [0.1, 0.15) is 6.79 Å². The van der Waals surface area contributed by atoms with E-state index < -0.39 is 0 Å². The molecule has 2 nitrogen and oxygen atoms in total. The minimum atomic E-state index is 1.10. The summed E-state index contributed by atoms with van der Waals surface area (Å²) in [5.74, 6) is 0. The predicted molar refractivity (Wildman–Crippen MR) is 37.3 cm³/mol. The molecule has 9 heavy (non-hydrogen) atoms. The topological polar surface area (TPSA) is 32.9 Å². The lowest BCUT2D eigenvalue weighted by Crippen LogP contribution is -1.73. The number of aromatic amines is 1. The van der Waals surface area contributed by atoms with E-state index in [1.165, 1.54) is 5.69 Å². The fourth-order valence-electron chi connectivity index (χ4n) is 0.587. The Morgan fingerprint density at radius 2 is 2.33 bits per heavy atom. The molecule has 1 N–H and O–H groups in total. The number of nitrogens with one attached hydrogen (secondary N) is 1. The normalized spacial score (nSPS) is 7.67. The maximum absolute atomic E-state index is 8.00. The SMILES string of the molecule is C=O.CCc1ccc[nH]1. The second kappa shape index (κ2) is 5.09. The van der Waals surface area contributed by atoms with Gasteiger partial charge in [-0.1, -0.05) is 6.92 Å². The van der Waals surface area contributed by atoms with Crippen LogP contribution in [0.3, 0.4) is 0 Å². The third-order valence-corrected chi connectivity index (χ3v) is 1.04. The summed E-state index contributed by atoms with van der Waals surface area (Å²) in [6.07, 6.45) is 3.05. The molecule has 0 fully saturated rings. The minimum absolute atomic E-state index is 1.10. The smallest absolute Gasteiger partial charge is 0.106 e. The molecule has 0 atom stereocenters. The van der Waals surface area contributed by atoms with Crippen LogP contribution in [0.4, 0.5) is 0 Å². The van der Waals surface area contributed by atoms with E-state index in [-0.39, 0.29) is 0 Å². The lowest BCUT2D eigenvalue weighted by molar-refractivity contribution is -0.0979. The third kappa shape index (κ3) is 2.69. The molecule has 0 radical (unpaired) electrons. The van der Waals surface area contributed by atoms with Crippen LogP contribution in [0.1, 0.15) is 12.6 Å². The van der Waals surface area contributed by atoms with Crippen molar-refractivity contribution in [3.05, 3.63) is 24.0 Å². The van der Waals surface area contributed by atoms with Crippen molar-refractivity contribution in [2.24, 2.45) is 0 Å². The highest BCUT2D eigenvalue weighted by molar-refractivity contribution is 5.11. The van der Waals surface area contributed by atoms with Crippen LogP contribution in [-0.4, -0.2) is 11.8 Å². The van der Waals surface area contributed by atoms with E-state index in [4.69, 9.17) is 4.79 Å². The molecule has 50 valence electrons. The highest BCUT2D eigenvalue weighted by atomic mass is 16.1. The van der Waals surface area contributed by atoms with Gasteiger partial charge in [-0.25, -0.2) is 0 Å². The van der Waals surface area contributed by atoms with Crippen molar-refractivity contribution in [1.29, 1.82) is 0 Å². The van der Waals surface area contributed by atoms with Crippen LogP contribution in [0.25, 0.3) is 0 Å². The summed E-state index contributed by atoms with van der Waals surface area (Å²) in [6, 6.07) is 4.10. The Morgan fingerprint density at radius 3 is 2.56 bits per heavy atom. The first-order chi connectivity index (χ1) is 4.43. The third-order valence-electron chi connectivity index (χ3n) is 1.04. The summed E-state index contributed by atoms with van der Waals surface area (Å²) >= 11 is 0. The Bertz CT molecular complexity index is 135. The standard InChI is InChI=1S/C6H9N.CH2O/c1-2-6-4-3-5-7-6;1-2/h3-5,7H,2H2,1H3;1H2. The van der Waals surface area contributed by atoms with E-state index in [9.17, 15) is 0 Å². The number of aromatic nitrogens is 1. The Kier molecular flexibility index (Phi) is 4.50. The number of aryl methyl sites for hydroxylation is 1. The fraction of sp³-hybridized carbons (Fsp3) is 0.286. The lowest BCUT2D eigenvalue weighted by atomic mass is 10.4. The zero-order valence-electron chi connectivity index (χ0n) is 5.55. The Labute approximate surface area is 54.9 Å². The number of hydrogen-bond donors (Lipinski definition) is 1. The first-order valence-corrected chi connectivity index (χ1v) is 2.84. The maximum Gasteiger partial charge on any atom is 0.106 e. The van der Waals surface area contributed by atoms with Gasteiger partial charge in [-0.05, 0) is 18.6 Å². The molecule has 0 aliphatic heterocycles. The molecule has 0 unspecified atom stereocenters. The molecule has 0 aromatic carbocycles. The summed E-state index contributed by atoms with van der Waals surface area (Å²) in [7, 11) is 0. The quantitative estimate of drug-likeness (QED) is 0.604. The van der Waals surface area contributed by atoms with Crippen molar-refractivity contribution in [1.82, 2.24) is 4.98 Å². The van der Waals surface area contributed by atoms with Crippen LogP contribution >= 0.6 is 0 Å². The molecule has 1 aromatic heterocycles. The molecule has 1 heterocycles. The van der Waals surface area contributed by atoms with E-state index >= 15 is 0 Å². The zero-order chi connectivity index (χ0) is 7.11. The van der Waals surface area contributed by atoms with Gasteiger partial charge in [-0.15, -0.1) is 0 Å². The molecule has 2 heteroatoms. The lowest BCUT2D eigenvalue weighted by Gasteiger charge is -1.81. The van der Waals surface area contributed by atoms with Gasteiger partial charge in [0.25, 0.3) is 0 Å². The van der Waals surface area contributed by atoms with Gasteiger partial charge in [0, 0.05) is 11.9 Å². The summed E-state index contributed by atoms with van der Waals surface area (Å²) in [5, 5.41) is 0. The number of rotatable bonds is 1. The highest BCUT2D eigenvalue weighted by Gasteiger charge is 1.80. The van der Waals surface area contributed by atoms with Crippen molar-refractivity contribution in [2.75, 3.05) is 0 Å². The summed E-state index contributed by atoms with van der Waals surface area (Å²) in [6.45, 7) is 4.13. The minimum Gasteiger partial charge on any atom is -0.365 e. The van der Waals surface area contributed by atoms with Crippen molar-refractivity contribution < 1.29 is 4.79 Å². The Balaban J connectivity index is 0.000000291. The molecule has 0 spiro atoms. The molecular formula is C7H11NO. The average Bonchev–Trinajstić information content (AvgIpc) is 2.43. The van der Waals surface area contributed by atoms with Gasteiger partial charge in [0.05, 0.1) is 0 Å². The summed E-state index contributed by atoms with van der Waals surface area (Å²) in [4.78, 5) is 11.1. The van der Waals surface area contributed by atoms with E-state index in [1.807, 2.05) is 19.1 Å². The number of hydrogen-bond acceptors (Lipinski definition) is 1. The molecule has 0 aliphatic rings. The number of H-pyrrole nitrogens is 1. The van der Waals surface area contributed by atoms with Crippen LogP contribution < -0.4 is 0 Å². The van der Waals surface area contributed by atoms with Crippen molar-refractivity contribution in [2.45, 2.75) is 13.3 Å². The average molecular weight is 125 g/mol. The second-order valence-corrected chi connectivity index (χ2v) is 1.55. The molecule has 1 rings (SSSR count). The van der Waals surface area contributed by atoms with Crippen LogP contribution in [0.5, 0.6) is 0 Å². The van der Waals surface area contributed by atoms with Crippen LogP contribution in [0.2, 0.25) is 0 Å². The zero-order valence-corrected chi connectivity index (χ0v) is 5.55. The summed E-state index contributed by atoms with van der Waals surface area (Å²) in [5.41, 5.74) is 1.31. The molecule has 1 aromatic rings. The molecule has 0 amide bonds. The van der Waals surface area contributed by atoms with Gasteiger partial charge in [0.15, 0.2) is 0 Å².